The number of hydrogen-bond donors (Lipinski definition) is 1. The van der Waals surface area contributed by atoms with Gasteiger partial charge < -0.3 is 10.2 Å². The quantitative estimate of drug-likeness (QED) is 0.193. The van der Waals surface area contributed by atoms with Crippen molar-refractivity contribution in [2.45, 2.75) is 62.9 Å². The zero-order valence-corrected chi connectivity index (χ0v) is 23.9. The van der Waals surface area contributed by atoms with Crippen LogP contribution in [0.4, 0.5) is 5.69 Å². The van der Waals surface area contributed by atoms with Crippen LogP contribution in [0.1, 0.15) is 48.8 Å². The number of carbonyl (C=O) groups excluding carboxylic acids is 2. The lowest BCUT2D eigenvalue weighted by Crippen LogP contribution is -2.53. The molecule has 0 spiro atoms. The summed E-state index contributed by atoms with van der Waals surface area (Å²) in [5, 5.41) is 14.8. The summed E-state index contributed by atoms with van der Waals surface area (Å²) >= 11 is 7.54. The number of nitro groups is 1. The molecule has 0 aromatic heterocycles. The molecule has 2 amide bonds. The molecule has 0 unspecified atom stereocenters. The Morgan fingerprint density at radius 2 is 1.57 bits per heavy atom. The van der Waals surface area contributed by atoms with Gasteiger partial charge >= 0.3 is 0 Å². The van der Waals surface area contributed by atoms with Gasteiger partial charge in [0.1, 0.15) is 6.04 Å². The highest BCUT2D eigenvalue weighted by molar-refractivity contribution is 7.99. The highest BCUT2D eigenvalue weighted by Crippen LogP contribution is 2.22. The Hall–Kier alpha value is -3.36. The predicted octanol–water partition coefficient (Wildman–Crippen LogP) is 6.57. The molecule has 7 nitrogen and oxygen atoms in total. The largest absolute Gasteiger partial charge is 0.352 e. The molecule has 1 aliphatic carbocycles. The van der Waals surface area contributed by atoms with Crippen molar-refractivity contribution in [3.8, 4) is 0 Å². The van der Waals surface area contributed by atoms with Gasteiger partial charge in [-0.15, -0.1) is 11.8 Å². The molecule has 1 N–H and O–H groups in total. The van der Waals surface area contributed by atoms with Crippen molar-refractivity contribution in [3.63, 3.8) is 0 Å². The van der Waals surface area contributed by atoms with E-state index < -0.39 is 11.0 Å². The van der Waals surface area contributed by atoms with E-state index >= 15 is 0 Å². The molecule has 3 aromatic rings. The lowest BCUT2D eigenvalue weighted by molar-refractivity contribution is -0.384. The van der Waals surface area contributed by atoms with E-state index in [4.69, 9.17) is 11.6 Å². The maximum absolute atomic E-state index is 13.8. The SMILES string of the molecule is O=C(NC1CCCCC1)[C@@H](Cc1ccccc1)N(Cc1ccc(Cl)cc1)C(=O)CSCc1ccc([N+](=O)[O-])cc1. The number of rotatable bonds is 12. The second kappa shape index (κ2) is 14.9. The lowest BCUT2D eigenvalue weighted by atomic mass is 9.94. The van der Waals surface area contributed by atoms with E-state index in [9.17, 15) is 19.7 Å². The van der Waals surface area contributed by atoms with Gasteiger partial charge in [-0.3, -0.25) is 19.7 Å². The van der Waals surface area contributed by atoms with Crippen molar-refractivity contribution in [1.82, 2.24) is 10.2 Å². The Morgan fingerprint density at radius 1 is 0.925 bits per heavy atom. The molecule has 1 aliphatic rings. The van der Waals surface area contributed by atoms with Crippen LogP contribution in [0.2, 0.25) is 5.02 Å². The number of nitrogens with one attached hydrogen (secondary N) is 1. The van der Waals surface area contributed by atoms with Gasteiger partial charge in [-0.25, -0.2) is 0 Å². The van der Waals surface area contributed by atoms with E-state index in [-0.39, 0.29) is 35.8 Å². The standard InChI is InChI=1S/C31H34ClN3O4S/c32-26-15-11-24(12-16-26)20-34(30(36)22-40-21-25-13-17-28(18-14-25)35(38)39)29(19-23-7-3-1-4-8-23)31(37)33-27-9-5-2-6-10-27/h1,3-4,7-8,11-18,27,29H,2,5-6,9-10,19-22H2,(H,33,37)/t29-/m1/s1. The van der Waals surface area contributed by atoms with E-state index in [1.807, 2.05) is 42.5 Å². The van der Waals surface area contributed by atoms with Gasteiger partial charge in [-0.2, -0.15) is 0 Å². The zero-order chi connectivity index (χ0) is 28.3. The van der Waals surface area contributed by atoms with E-state index in [2.05, 4.69) is 5.32 Å². The molecule has 0 radical (unpaired) electrons. The maximum atomic E-state index is 13.8. The molecule has 0 saturated heterocycles. The maximum Gasteiger partial charge on any atom is 0.269 e. The van der Waals surface area contributed by atoms with Gasteiger partial charge in [0.05, 0.1) is 10.7 Å². The van der Waals surface area contributed by atoms with Gasteiger partial charge in [0.25, 0.3) is 5.69 Å². The van der Waals surface area contributed by atoms with Gasteiger partial charge in [-0.1, -0.05) is 85.5 Å². The molecule has 1 fully saturated rings. The van der Waals surface area contributed by atoms with Crippen LogP contribution in [0, 0.1) is 10.1 Å². The van der Waals surface area contributed by atoms with Crippen LogP contribution in [0.25, 0.3) is 0 Å². The number of amides is 2. The minimum atomic E-state index is -0.674. The summed E-state index contributed by atoms with van der Waals surface area (Å²) in [7, 11) is 0. The molecule has 4 rings (SSSR count). The molecular formula is C31H34ClN3O4S. The zero-order valence-electron chi connectivity index (χ0n) is 22.3. The van der Waals surface area contributed by atoms with E-state index in [1.165, 1.54) is 30.3 Å². The predicted molar refractivity (Wildman–Crippen MR) is 160 cm³/mol. The summed E-state index contributed by atoms with van der Waals surface area (Å²) in [5.41, 5.74) is 2.80. The van der Waals surface area contributed by atoms with Crippen LogP contribution in [0.5, 0.6) is 0 Å². The van der Waals surface area contributed by atoms with Crippen molar-refractivity contribution < 1.29 is 14.5 Å². The molecule has 0 aliphatic heterocycles. The summed E-state index contributed by atoms with van der Waals surface area (Å²) in [6.45, 7) is 0.281. The van der Waals surface area contributed by atoms with Crippen LogP contribution >= 0.6 is 23.4 Å². The first-order valence-electron chi connectivity index (χ1n) is 13.6. The molecule has 1 saturated carbocycles. The Kier molecular flexibility index (Phi) is 11.0. The first-order chi connectivity index (χ1) is 19.4. The Morgan fingerprint density at radius 3 is 2.23 bits per heavy atom. The second-order valence-corrected chi connectivity index (χ2v) is 11.5. The highest BCUT2D eigenvalue weighted by Gasteiger charge is 2.31. The third-order valence-electron chi connectivity index (χ3n) is 7.13. The number of halogens is 1. The average Bonchev–Trinajstić information content (AvgIpc) is 2.97. The molecular weight excluding hydrogens is 546 g/mol. The normalized spacial score (nSPS) is 14.3. The first-order valence-corrected chi connectivity index (χ1v) is 15.1. The smallest absolute Gasteiger partial charge is 0.269 e. The number of nitro benzene ring substituents is 1. The van der Waals surface area contributed by atoms with Crippen LogP contribution in [0.15, 0.2) is 78.9 Å². The van der Waals surface area contributed by atoms with Crippen molar-refractivity contribution >= 4 is 40.9 Å². The van der Waals surface area contributed by atoms with Crippen molar-refractivity contribution in [2.75, 3.05) is 5.75 Å². The van der Waals surface area contributed by atoms with E-state index in [0.717, 1.165) is 42.4 Å². The summed E-state index contributed by atoms with van der Waals surface area (Å²) in [5.74, 6) is 0.433. The molecule has 9 heteroatoms. The summed E-state index contributed by atoms with van der Waals surface area (Å²) in [6.07, 6.45) is 5.71. The minimum absolute atomic E-state index is 0.0340. The fraction of sp³-hybridized carbons (Fsp3) is 0.355. The van der Waals surface area contributed by atoms with E-state index in [1.54, 1.807) is 29.2 Å². The Bertz CT molecular complexity index is 1270. The topological polar surface area (TPSA) is 92.6 Å². The molecule has 210 valence electrons. The first kappa shape index (κ1) is 29.6. The summed E-state index contributed by atoms with van der Waals surface area (Å²) in [6, 6.07) is 22.9. The summed E-state index contributed by atoms with van der Waals surface area (Å²) < 4.78 is 0. The fourth-order valence-corrected chi connectivity index (χ4v) is 5.93. The number of thioether (sulfide) groups is 1. The van der Waals surface area contributed by atoms with E-state index in [0.29, 0.717) is 17.2 Å². The molecule has 1 atom stereocenters. The molecule has 0 heterocycles. The van der Waals surface area contributed by atoms with Crippen molar-refractivity contribution in [2.24, 2.45) is 0 Å². The Labute approximate surface area is 244 Å². The van der Waals surface area contributed by atoms with Gasteiger partial charge in [0.2, 0.25) is 11.8 Å². The third kappa shape index (κ3) is 8.83. The van der Waals surface area contributed by atoms with Crippen LogP contribution in [-0.4, -0.2) is 39.5 Å². The van der Waals surface area contributed by atoms with Gasteiger partial charge in [0, 0.05) is 41.9 Å². The average molecular weight is 580 g/mol. The number of carbonyl (C=O) groups is 2. The Balaban J connectivity index is 1.54. The monoisotopic (exact) mass is 579 g/mol. The lowest BCUT2D eigenvalue weighted by Gasteiger charge is -2.33. The van der Waals surface area contributed by atoms with Crippen molar-refractivity contribution in [3.05, 3.63) is 111 Å². The fourth-order valence-electron chi connectivity index (χ4n) is 4.94. The highest BCUT2D eigenvalue weighted by atomic mass is 35.5. The second-order valence-electron chi connectivity index (χ2n) is 10.1. The molecule has 3 aromatic carbocycles. The van der Waals surface area contributed by atoms with Crippen LogP contribution in [0.3, 0.4) is 0 Å². The minimum Gasteiger partial charge on any atom is -0.352 e. The number of nitrogens with zero attached hydrogens (tertiary/aromatic N) is 2. The van der Waals surface area contributed by atoms with Gasteiger partial charge in [-0.05, 0) is 41.7 Å². The number of benzene rings is 3. The summed E-state index contributed by atoms with van der Waals surface area (Å²) in [4.78, 5) is 39.8. The van der Waals surface area contributed by atoms with Crippen LogP contribution < -0.4 is 5.32 Å². The van der Waals surface area contributed by atoms with Crippen molar-refractivity contribution in [1.29, 1.82) is 0 Å². The third-order valence-corrected chi connectivity index (χ3v) is 8.37. The van der Waals surface area contributed by atoms with Crippen LogP contribution in [-0.2, 0) is 28.3 Å². The molecule has 40 heavy (non-hydrogen) atoms. The number of non-ortho nitro benzene ring substituents is 1. The number of hydrogen-bond acceptors (Lipinski definition) is 5. The van der Waals surface area contributed by atoms with Gasteiger partial charge in [0.15, 0.2) is 0 Å². The molecule has 0 bridgehead atoms.